The molecule has 102 valence electrons. The van der Waals surface area contributed by atoms with Gasteiger partial charge in [0.1, 0.15) is 12.4 Å². The van der Waals surface area contributed by atoms with Crippen LogP contribution in [0.3, 0.4) is 0 Å². The average molecular weight is 256 g/mol. The maximum absolute atomic E-state index is 5.68. The van der Waals surface area contributed by atoms with Gasteiger partial charge in [-0.05, 0) is 57.4 Å². The van der Waals surface area contributed by atoms with E-state index in [0.29, 0.717) is 6.61 Å². The van der Waals surface area contributed by atoms with Crippen LogP contribution in [-0.2, 0) is 0 Å². The van der Waals surface area contributed by atoms with Crippen LogP contribution in [0, 0.1) is 0 Å². The molecule has 1 heteroatoms. The van der Waals surface area contributed by atoms with Gasteiger partial charge >= 0.3 is 0 Å². The minimum Gasteiger partial charge on any atom is -0.490 e. The molecule has 0 radical (unpaired) electrons. The summed E-state index contributed by atoms with van der Waals surface area (Å²) in [7, 11) is 0. The molecular formula is C18H24O. The summed E-state index contributed by atoms with van der Waals surface area (Å²) in [6.45, 7) is 10.8. The summed E-state index contributed by atoms with van der Waals surface area (Å²) < 4.78 is 5.68. The van der Waals surface area contributed by atoms with Crippen molar-refractivity contribution < 1.29 is 4.74 Å². The molecule has 0 atom stereocenters. The molecule has 0 fully saturated rings. The Morgan fingerprint density at radius 1 is 1.11 bits per heavy atom. The van der Waals surface area contributed by atoms with E-state index < -0.39 is 0 Å². The first kappa shape index (κ1) is 15.3. The Kier molecular flexibility index (Phi) is 6.73. The standard InChI is InChI=1S/C18H24O/c1-5-17-9-11-18(12-10-17)19-14-13-16(4)8-6-7-15(2)3/h5,7,9-13H,1,6,8,14H2,2-4H3. The lowest BCUT2D eigenvalue weighted by atomic mass is 10.1. The third-order valence-electron chi connectivity index (χ3n) is 2.89. The summed E-state index contributed by atoms with van der Waals surface area (Å²) in [5.74, 6) is 0.902. The van der Waals surface area contributed by atoms with Crippen molar-refractivity contribution in [3.63, 3.8) is 0 Å². The van der Waals surface area contributed by atoms with Crippen LogP contribution < -0.4 is 4.74 Å². The molecule has 0 heterocycles. The minimum atomic E-state index is 0.633. The second-order valence-corrected chi connectivity index (χ2v) is 4.95. The van der Waals surface area contributed by atoms with Gasteiger partial charge in [0, 0.05) is 0 Å². The minimum absolute atomic E-state index is 0.633. The Labute approximate surface area is 117 Å². The molecule has 0 aliphatic carbocycles. The van der Waals surface area contributed by atoms with Gasteiger partial charge < -0.3 is 4.74 Å². The monoisotopic (exact) mass is 256 g/mol. The number of ether oxygens (including phenoxy) is 1. The van der Waals surface area contributed by atoms with Gasteiger partial charge in [0.25, 0.3) is 0 Å². The molecule has 0 aliphatic rings. The lowest BCUT2D eigenvalue weighted by Crippen LogP contribution is -1.94. The highest BCUT2D eigenvalue weighted by Crippen LogP contribution is 2.13. The third kappa shape index (κ3) is 6.66. The molecule has 1 rings (SSSR count). The fraction of sp³-hybridized carbons (Fsp3) is 0.333. The SMILES string of the molecule is C=Cc1ccc(OCC=C(C)CCC=C(C)C)cc1. The van der Waals surface area contributed by atoms with Crippen molar-refractivity contribution in [3.05, 3.63) is 59.7 Å². The highest BCUT2D eigenvalue weighted by Gasteiger charge is 1.93. The normalized spacial score (nSPS) is 11.0. The number of allylic oxidation sites excluding steroid dienone is 3. The van der Waals surface area contributed by atoms with E-state index in [2.05, 4.69) is 39.5 Å². The van der Waals surface area contributed by atoms with Crippen molar-refractivity contribution in [2.75, 3.05) is 6.61 Å². The number of rotatable bonds is 7. The van der Waals surface area contributed by atoms with Crippen LogP contribution >= 0.6 is 0 Å². The Balaban J connectivity index is 2.35. The predicted octanol–water partition coefficient (Wildman–Crippen LogP) is 5.40. The van der Waals surface area contributed by atoms with Crippen LogP contribution in [-0.4, -0.2) is 6.61 Å². The van der Waals surface area contributed by atoms with E-state index in [-0.39, 0.29) is 0 Å². The van der Waals surface area contributed by atoms with Gasteiger partial charge in [0.15, 0.2) is 0 Å². The molecule has 0 saturated heterocycles. The fourth-order valence-electron chi connectivity index (χ4n) is 1.67. The number of hydrogen-bond acceptors (Lipinski definition) is 1. The molecule has 0 aromatic heterocycles. The first-order valence-corrected chi connectivity index (χ1v) is 6.76. The Morgan fingerprint density at radius 2 is 1.79 bits per heavy atom. The van der Waals surface area contributed by atoms with Gasteiger partial charge in [0.05, 0.1) is 0 Å². The summed E-state index contributed by atoms with van der Waals surface area (Å²) in [6.07, 6.45) is 8.46. The zero-order valence-electron chi connectivity index (χ0n) is 12.3. The molecule has 0 amide bonds. The highest BCUT2D eigenvalue weighted by molar-refractivity contribution is 5.48. The Bertz CT molecular complexity index is 445. The predicted molar refractivity (Wildman–Crippen MR) is 84.5 cm³/mol. The number of benzene rings is 1. The average Bonchev–Trinajstić information content (AvgIpc) is 2.39. The van der Waals surface area contributed by atoms with E-state index in [9.17, 15) is 0 Å². The maximum Gasteiger partial charge on any atom is 0.119 e. The van der Waals surface area contributed by atoms with Gasteiger partial charge in [-0.2, -0.15) is 0 Å². The molecule has 0 saturated carbocycles. The largest absolute Gasteiger partial charge is 0.490 e. The molecule has 1 aromatic carbocycles. The second-order valence-electron chi connectivity index (χ2n) is 4.95. The van der Waals surface area contributed by atoms with E-state index in [1.165, 1.54) is 11.1 Å². The van der Waals surface area contributed by atoms with Gasteiger partial charge in [0.2, 0.25) is 0 Å². The highest BCUT2D eigenvalue weighted by atomic mass is 16.5. The van der Waals surface area contributed by atoms with Crippen LogP contribution in [0.2, 0.25) is 0 Å². The van der Waals surface area contributed by atoms with E-state index >= 15 is 0 Å². The van der Waals surface area contributed by atoms with Crippen LogP contribution in [0.15, 0.2) is 54.1 Å². The molecule has 0 bridgehead atoms. The Morgan fingerprint density at radius 3 is 2.37 bits per heavy atom. The van der Waals surface area contributed by atoms with E-state index in [1.807, 2.05) is 30.3 Å². The molecule has 0 unspecified atom stereocenters. The van der Waals surface area contributed by atoms with Crippen molar-refractivity contribution in [2.45, 2.75) is 33.6 Å². The summed E-state index contributed by atoms with van der Waals surface area (Å²) in [6, 6.07) is 7.97. The maximum atomic E-state index is 5.68. The molecule has 0 N–H and O–H groups in total. The molecule has 1 aromatic rings. The molecule has 0 aliphatic heterocycles. The van der Waals surface area contributed by atoms with Crippen molar-refractivity contribution in [1.29, 1.82) is 0 Å². The van der Waals surface area contributed by atoms with Crippen LogP contribution in [0.5, 0.6) is 5.75 Å². The van der Waals surface area contributed by atoms with Crippen molar-refractivity contribution in [3.8, 4) is 5.75 Å². The van der Waals surface area contributed by atoms with Crippen molar-refractivity contribution >= 4 is 6.08 Å². The third-order valence-corrected chi connectivity index (χ3v) is 2.89. The van der Waals surface area contributed by atoms with E-state index in [4.69, 9.17) is 4.74 Å². The van der Waals surface area contributed by atoms with Gasteiger partial charge in [-0.15, -0.1) is 0 Å². The van der Waals surface area contributed by atoms with Gasteiger partial charge in [-0.25, -0.2) is 0 Å². The van der Waals surface area contributed by atoms with Crippen LogP contribution in [0.1, 0.15) is 39.2 Å². The Hall–Kier alpha value is -1.76. The summed E-state index contributed by atoms with van der Waals surface area (Å²) in [4.78, 5) is 0. The van der Waals surface area contributed by atoms with Crippen LogP contribution in [0.25, 0.3) is 6.08 Å². The summed E-state index contributed by atoms with van der Waals surface area (Å²) >= 11 is 0. The first-order valence-electron chi connectivity index (χ1n) is 6.76. The zero-order valence-corrected chi connectivity index (χ0v) is 12.3. The fourth-order valence-corrected chi connectivity index (χ4v) is 1.67. The van der Waals surface area contributed by atoms with Crippen molar-refractivity contribution in [1.82, 2.24) is 0 Å². The van der Waals surface area contributed by atoms with Crippen molar-refractivity contribution in [2.24, 2.45) is 0 Å². The zero-order chi connectivity index (χ0) is 14.1. The lowest BCUT2D eigenvalue weighted by Gasteiger charge is -2.05. The topological polar surface area (TPSA) is 9.23 Å². The van der Waals surface area contributed by atoms with Crippen LogP contribution in [0.4, 0.5) is 0 Å². The van der Waals surface area contributed by atoms with Gasteiger partial charge in [-0.3, -0.25) is 0 Å². The molecular weight excluding hydrogens is 232 g/mol. The van der Waals surface area contributed by atoms with Gasteiger partial charge in [-0.1, -0.05) is 42.0 Å². The molecule has 19 heavy (non-hydrogen) atoms. The number of hydrogen-bond donors (Lipinski definition) is 0. The molecule has 0 spiro atoms. The smallest absolute Gasteiger partial charge is 0.119 e. The van der Waals surface area contributed by atoms with E-state index in [0.717, 1.165) is 24.2 Å². The lowest BCUT2D eigenvalue weighted by molar-refractivity contribution is 0.361. The quantitative estimate of drug-likeness (QED) is 0.593. The van der Waals surface area contributed by atoms with E-state index in [1.54, 1.807) is 0 Å². The summed E-state index contributed by atoms with van der Waals surface area (Å²) in [5, 5.41) is 0. The second kappa shape index (κ2) is 8.36. The molecule has 1 nitrogen and oxygen atoms in total. The first-order chi connectivity index (χ1) is 9.11. The summed E-state index contributed by atoms with van der Waals surface area (Å²) in [5.41, 5.74) is 3.87.